The fourth-order valence-electron chi connectivity index (χ4n) is 5.04. The Balaban J connectivity index is 1.59. The highest BCUT2D eigenvalue weighted by atomic mass is 19.4. The van der Waals surface area contributed by atoms with Gasteiger partial charge in [0, 0.05) is 18.4 Å². The predicted molar refractivity (Wildman–Crippen MR) is 145 cm³/mol. The number of amides is 1. The molecule has 1 atom stereocenters. The number of esters is 1. The Bertz CT molecular complexity index is 1480. The molecule has 3 N–H and O–H groups in total. The van der Waals surface area contributed by atoms with Gasteiger partial charge in [-0.05, 0) is 68.8 Å². The second-order valence-electron chi connectivity index (χ2n) is 10.3. The van der Waals surface area contributed by atoms with Crippen molar-refractivity contribution in [1.82, 2.24) is 20.2 Å². The van der Waals surface area contributed by atoms with Gasteiger partial charge in [-0.3, -0.25) is 14.2 Å². The van der Waals surface area contributed by atoms with Gasteiger partial charge in [0.1, 0.15) is 0 Å². The number of aryl methyl sites for hydroxylation is 1. The van der Waals surface area contributed by atoms with Crippen molar-refractivity contribution >= 4 is 17.7 Å². The van der Waals surface area contributed by atoms with Gasteiger partial charge in [0.15, 0.2) is 11.6 Å². The third-order valence-electron chi connectivity index (χ3n) is 7.30. The average molecular weight is 570 g/mol. The van der Waals surface area contributed by atoms with Gasteiger partial charge in [-0.25, -0.2) is 9.78 Å². The summed E-state index contributed by atoms with van der Waals surface area (Å²) < 4.78 is 45.7. The minimum Gasteiger partial charge on any atom is -0.417 e. The highest BCUT2D eigenvalue weighted by Gasteiger charge is 2.43. The maximum Gasteiger partial charge on any atom is 0.491 e. The van der Waals surface area contributed by atoms with Crippen LogP contribution in [0.25, 0.3) is 5.69 Å². The molecule has 0 spiro atoms. The van der Waals surface area contributed by atoms with Crippen molar-refractivity contribution < 1.29 is 27.5 Å². The zero-order chi connectivity index (χ0) is 29.1. The standard InChI is InChI=1S/C29H30F3N5O4/c1-17-7-10-21(26(38)35-20-8-9-20)24(41-28(40)29(30,31)32)23(17)37-16-15-34-25(27(37)39)36-22(18-5-3-2-4-6-18)19-11-13-33-14-12-19/h2-7,10,15-16,19-20,22,33H,8-9,11-14H2,1H3,(H,34,36)(H,35,38)/t22-/m1/s1. The number of carbonyl (C=O) groups is 2. The van der Waals surface area contributed by atoms with Crippen LogP contribution >= 0.6 is 0 Å². The Morgan fingerprint density at radius 2 is 1.78 bits per heavy atom. The van der Waals surface area contributed by atoms with Crippen molar-refractivity contribution in [1.29, 1.82) is 0 Å². The molecule has 41 heavy (non-hydrogen) atoms. The molecule has 1 aliphatic carbocycles. The molecule has 5 rings (SSSR count). The van der Waals surface area contributed by atoms with Crippen LogP contribution in [0.2, 0.25) is 0 Å². The lowest BCUT2D eigenvalue weighted by Gasteiger charge is -2.32. The van der Waals surface area contributed by atoms with Crippen LogP contribution in [-0.4, -0.2) is 46.7 Å². The number of benzene rings is 2. The lowest BCUT2D eigenvalue weighted by Crippen LogP contribution is -2.35. The van der Waals surface area contributed by atoms with Crippen LogP contribution < -0.4 is 26.2 Å². The maximum atomic E-state index is 13.8. The number of nitrogens with zero attached hydrogens (tertiary/aromatic N) is 2. The number of alkyl halides is 3. The normalized spacial score (nSPS) is 16.6. The predicted octanol–water partition coefficient (Wildman–Crippen LogP) is 4.05. The fraction of sp³-hybridized carbons (Fsp3) is 0.379. The number of hydrogen-bond acceptors (Lipinski definition) is 7. The van der Waals surface area contributed by atoms with E-state index in [4.69, 9.17) is 4.74 Å². The van der Waals surface area contributed by atoms with Crippen LogP contribution in [0.5, 0.6) is 5.75 Å². The topological polar surface area (TPSA) is 114 Å². The first-order chi connectivity index (χ1) is 19.6. The third-order valence-corrected chi connectivity index (χ3v) is 7.30. The first kappa shape index (κ1) is 28.3. The Morgan fingerprint density at radius 3 is 2.44 bits per heavy atom. The van der Waals surface area contributed by atoms with Gasteiger partial charge in [-0.1, -0.05) is 36.4 Å². The van der Waals surface area contributed by atoms with Gasteiger partial charge < -0.3 is 20.7 Å². The van der Waals surface area contributed by atoms with E-state index in [1.54, 1.807) is 6.92 Å². The maximum absolute atomic E-state index is 13.8. The van der Waals surface area contributed by atoms with E-state index in [0.717, 1.165) is 48.9 Å². The smallest absolute Gasteiger partial charge is 0.417 e. The summed E-state index contributed by atoms with van der Waals surface area (Å²) in [4.78, 5) is 43.0. The van der Waals surface area contributed by atoms with E-state index in [1.807, 2.05) is 30.3 Å². The zero-order valence-electron chi connectivity index (χ0n) is 22.3. The quantitative estimate of drug-likeness (QED) is 0.277. The van der Waals surface area contributed by atoms with Crippen molar-refractivity contribution in [3.05, 3.63) is 81.9 Å². The van der Waals surface area contributed by atoms with Crippen molar-refractivity contribution in [2.45, 2.75) is 50.9 Å². The average Bonchev–Trinajstić information content (AvgIpc) is 3.77. The number of hydrogen-bond donors (Lipinski definition) is 3. The number of carbonyl (C=O) groups excluding carboxylic acids is 2. The number of nitrogens with one attached hydrogen (secondary N) is 3. The van der Waals surface area contributed by atoms with E-state index >= 15 is 0 Å². The van der Waals surface area contributed by atoms with E-state index in [-0.39, 0.29) is 35.1 Å². The molecule has 0 radical (unpaired) electrons. The second kappa shape index (κ2) is 11.7. The van der Waals surface area contributed by atoms with Crippen LogP contribution in [0.4, 0.5) is 19.0 Å². The minimum absolute atomic E-state index is 0.0276. The van der Waals surface area contributed by atoms with E-state index in [9.17, 15) is 27.6 Å². The molecule has 3 aromatic rings. The Hall–Kier alpha value is -4.19. The molecule has 1 saturated carbocycles. The van der Waals surface area contributed by atoms with Crippen molar-refractivity contribution in [2.75, 3.05) is 18.4 Å². The monoisotopic (exact) mass is 569 g/mol. The van der Waals surface area contributed by atoms with Crippen LogP contribution in [0.3, 0.4) is 0 Å². The summed E-state index contributed by atoms with van der Waals surface area (Å²) in [7, 11) is 0. The van der Waals surface area contributed by atoms with Gasteiger partial charge in [-0.15, -0.1) is 0 Å². The third kappa shape index (κ3) is 6.43. The Labute approximate surface area is 234 Å². The van der Waals surface area contributed by atoms with Crippen molar-refractivity contribution in [3.8, 4) is 11.4 Å². The van der Waals surface area contributed by atoms with Crippen molar-refractivity contribution in [3.63, 3.8) is 0 Å². The number of halogens is 3. The van der Waals surface area contributed by atoms with Gasteiger partial charge in [0.25, 0.3) is 11.5 Å². The van der Waals surface area contributed by atoms with Gasteiger partial charge in [-0.2, -0.15) is 13.2 Å². The summed E-state index contributed by atoms with van der Waals surface area (Å²) in [5.74, 6) is -3.69. The largest absolute Gasteiger partial charge is 0.491 e. The Kier molecular flexibility index (Phi) is 8.11. The summed E-state index contributed by atoms with van der Waals surface area (Å²) in [6.07, 6.45) is 0.482. The molecule has 9 nitrogen and oxygen atoms in total. The molecule has 1 aliphatic heterocycles. The SMILES string of the molecule is Cc1ccc(C(=O)NC2CC2)c(OC(=O)C(F)(F)F)c1-n1ccnc(N[C@H](c2ccccc2)C2CCNCC2)c1=O. The molecular weight excluding hydrogens is 539 g/mol. The summed E-state index contributed by atoms with van der Waals surface area (Å²) in [6.45, 7) is 3.19. The highest BCUT2D eigenvalue weighted by molar-refractivity contribution is 5.99. The van der Waals surface area contributed by atoms with Crippen LogP contribution in [0.1, 0.15) is 53.2 Å². The molecule has 1 amide bonds. The molecule has 216 valence electrons. The molecular formula is C29H30F3N5O4. The van der Waals surface area contributed by atoms with E-state index in [1.165, 1.54) is 24.5 Å². The van der Waals surface area contributed by atoms with Crippen LogP contribution in [0.15, 0.2) is 59.7 Å². The first-order valence-electron chi connectivity index (χ1n) is 13.5. The number of piperidine rings is 1. The molecule has 2 fully saturated rings. The summed E-state index contributed by atoms with van der Waals surface area (Å²) in [6, 6.07) is 12.0. The molecule has 0 unspecified atom stereocenters. The molecule has 2 aromatic carbocycles. The molecule has 1 saturated heterocycles. The van der Waals surface area contributed by atoms with Gasteiger partial charge in [0.2, 0.25) is 0 Å². The van der Waals surface area contributed by atoms with Gasteiger partial charge >= 0.3 is 12.1 Å². The highest BCUT2D eigenvalue weighted by Crippen LogP contribution is 2.34. The van der Waals surface area contributed by atoms with E-state index < -0.39 is 29.4 Å². The molecule has 2 heterocycles. The van der Waals surface area contributed by atoms with Crippen LogP contribution in [-0.2, 0) is 4.79 Å². The zero-order valence-corrected chi connectivity index (χ0v) is 22.3. The summed E-state index contributed by atoms with van der Waals surface area (Å²) >= 11 is 0. The molecule has 0 bridgehead atoms. The number of aromatic nitrogens is 2. The van der Waals surface area contributed by atoms with Crippen LogP contribution in [0, 0.1) is 12.8 Å². The number of ether oxygens (including phenoxy) is 1. The summed E-state index contributed by atoms with van der Waals surface area (Å²) in [5, 5.41) is 9.31. The van der Waals surface area contributed by atoms with E-state index in [0.29, 0.717) is 5.56 Å². The molecule has 12 heteroatoms. The summed E-state index contributed by atoms with van der Waals surface area (Å²) in [5.41, 5.74) is 0.167. The lowest BCUT2D eigenvalue weighted by atomic mass is 9.86. The lowest BCUT2D eigenvalue weighted by molar-refractivity contribution is -0.189. The van der Waals surface area contributed by atoms with E-state index in [2.05, 4.69) is 20.9 Å². The second-order valence-corrected chi connectivity index (χ2v) is 10.3. The first-order valence-corrected chi connectivity index (χ1v) is 13.5. The number of anilines is 1. The van der Waals surface area contributed by atoms with Gasteiger partial charge in [0.05, 0.1) is 17.3 Å². The molecule has 1 aromatic heterocycles. The number of rotatable bonds is 8. The minimum atomic E-state index is -5.32. The Morgan fingerprint density at radius 1 is 1.07 bits per heavy atom. The molecule has 2 aliphatic rings. The fourth-order valence-corrected chi connectivity index (χ4v) is 5.04. The van der Waals surface area contributed by atoms with Crippen molar-refractivity contribution in [2.24, 2.45) is 5.92 Å².